The van der Waals surface area contributed by atoms with Crippen molar-refractivity contribution in [2.45, 2.75) is 35.1 Å². The third-order valence-electron chi connectivity index (χ3n) is 4.94. The van der Waals surface area contributed by atoms with Gasteiger partial charge in [-0.15, -0.1) is 16.4 Å². The molecule has 0 radical (unpaired) electrons. The Labute approximate surface area is 194 Å². The lowest BCUT2D eigenvalue weighted by atomic mass is 9.97. The van der Waals surface area contributed by atoms with Gasteiger partial charge in [-0.05, 0) is 28.9 Å². The number of ether oxygens (including phenoxy) is 3. The Morgan fingerprint density at radius 2 is 2.29 bits per heavy atom. The molecule has 5 rings (SSSR count). The lowest BCUT2D eigenvalue weighted by Crippen LogP contribution is -2.48. The number of hydrogen-bond acceptors (Lipinski definition) is 10. The van der Waals surface area contributed by atoms with Crippen molar-refractivity contribution in [3.8, 4) is 10.7 Å². The normalized spacial score (nSPS) is 27.9. The van der Waals surface area contributed by atoms with Crippen molar-refractivity contribution in [1.82, 2.24) is 25.0 Å². The zero-order valence-electron chi connectivity index (χ0n) is 16.5. The van der Waals surface area contributed by atoms with Crippen LogP contribution in [0, 0.1) is 0 Å². The van der Waals surface area contributed by atoms with Crippen LogP contribution < -0.4 is 0 Å². The Morgan fingerprint density at radius 3 is 3.03 bits per heavy atom. The molecule has 1 N–H and O–H groups in total. The minimum Gasteiger partial charge on any atom is -0.490 e. The third-order valence-corrected chi connectivity index (χ3v) is 7.26. The Morgan fingerprint density at radius 1 is 1.42 bits per heavy atom. The van der Waals surface area contributed by atoms with Crippen molar-refractivity contribution in [2.24, 2.45) is 0 Å². The molecule has 0 aliphatic carbocycles. The Kier molecular flexibility index (Phi) is 5.61. The topological polar surface area (TPSA) is 104 Å². The van der Waals surface area contributed by atoms with Crippen molar-refractivity contribution < 1.29 is 19.3 Å². The molecule has 3 aromatic heterocycles. The van der Waals surface area contributed by atoms with Crippen LogP contribution in [0.15, 0.2) is 51.4 Å². The first-order valence-corrected chi connectivity index (χ1v) is 11.9. The van der Waals surface area contributed by atoms with Crippen LogP contribution in [-0.2, 0) is 14.2 Å². The first-order chi connectivity index (χ1) is 15.0. The number of aromatic nitrogens is 5. The predicted octanol–water partition coefficient (Wildman–Crippen LogP) is 3.04. The lowest BCUT2D eigenvalue weighted by molar-refractivity contribution is -0.0975. The van der Waals surface area contributed by atoms with Gasteiger partial charge in [-0.25, -0.2) is 9.67 Å². The van der Waals surface area contributed by atoms with Crippen molar-refractivity contribution in [1.29, 1.82) is 0 Å². The number of nitrogens with zero attached hydrogens (tertiary/aromatic N) is 5. The van der Waals surface area contributed by atoms with Gasteiger partial charge < -0.3 is 19.3 Å². The average molecular weight is 524 g/mol. The number of hydrogen-bond donors (Lipinski definition) is 1. The van der Waals surface area contributed by atoms with Gasteiger partial charge in [0.25, 0.3) is 0 Å². The summed E-state index contributed by atoms with van der Waals surface area (Å²) in [6.45, 7) is 1.80. The minimum absolute atomic E-state index is 0.108. The second-order valence-corrected chi connectivity index (χ2v) is 10.3. The fourth-order valence-electron chi connectivity index (χ4n) is 3.52. The Hall–Kier alpha value is -1.83. The van der Waals surface area contributed by atoms with Crippen molar-refractivity contribution >= 4 is 44.7 Å². The standard InChI is InChI=1S/C19H18BrN5O4S2/c1-19(26)9-28-14-13(25-8-12(23-24-25)17-22-3-4-30-17)15(27-2)18(29-16(14)19)31-11-5-10(20)6-21-7-11/h3-8,15-16,18,26H,9H2,1-2H3/t15?,16?,18-,19?/m1/s1. The zero-order valence-corrected chi connectivity index (χ0v) is 19.7. The van der Waals surface area contributed by atoms with E-state index in [9.17, 15) is 5.11 Å². The van der Waals surface area contributed by atoms with E-state index in [0.29, 0.717) is 17.2 Å². The number of methoxy groups -OCH3 is 1. The van der Waals surface area contributed by atoms with Crippen LogP contribution in [0.1, 0.15) is 6.92 Å². The smallest absolute Gasteiger partial charge is 0.152 e. The van der Waals surface area contributed by atoms with E-state index in [0.717, 1.165) is 14.4 Å². The molecule has 9 nitrogen and oxygen atoms in total. The predicted molar refractivity (Wildman–Crippen MR) is 118 cm³/mol. The van der Waals surface area contributed by atoms with Crippen LogP contribution in [0.3, 0.4) is 0 Å². The minimum atomic E-state index is -1.19. The fraction of sp³-hybridized carbons (Fsp3) is 0.368. The second kappa shape index (κ2) is 8.26. The summed E-state index contributed by atoms with van der Waals surface area (Å²) in [4.78, 5) is 9.41. The van der Waals surface area contributed by atoms with E-state index in [-0.39, 0.29) is 6.61 Å². The number of halogens is 1. The molecule has 2 aliphatic rings. The molecule has 5 heterocycles. The molecule has 12 heteroatoms. The fourth-order valence-corrected chi connectivity index (χ4v) is 5.74. The lowest BCUT2D eigenvalue weighted by Gasteiger charge is -2.37. The maximum absolute atomic E-state index is 10.9. The van der Waals surface area contributed by atoms with Crippen molar-refractivity contribution in [2.75, 3.05) is 13.7 Å². The monoisotopic (exact) mass is 523 g/mol. The summed E-state index contributed by atoms with van der Waals surface area (Å²) < 4.78 is 20.5. The molecule has 2 aliphatic heterocycles. The highest BCUT2D eigenvalue weighted by molar-refractivity contribution is 9.10. The van der Waals surface area contributed by atoms with Crippen molar-refractivity contribution in [3.05, 3.63) is 46.5 Å². The summed E-state index contributed by atoms with van der Waals surface area (Å²) in [5, 5.41) is 22.1. The zero-order chi connectivity index (χ0) is 21.6. The number of aliphatic hydroxyl groups is 1. The van der Waals surface area contributed by atoms with Crippen LogP contribution in [0.2, 0.25) is 0 Å². The van der Waals surface area contributed by atoms with E-state index >= 15 is 0 Å². The van der Waals surface area contributed by atoms with E-state index in [1.54, 1.807) is 43.5 Å². The highest BCUT2D eigenvalue weighted by Gasteiger charge is 2.53. The quantitative estimate of drug-likeness (QED) is 0.539. The number of pyridine rings is 1. The molecule has 3 unspecified atom stereocenters. The SMILES string of the molecule is COC1C(n2cc(-c3nccs3)nn2)=C2OCC(C)(O)C2O[C@@H]1Sc1cncc(Br)c1. The summed E-state index contributed by atoms with van der Waals surface area (Å²) in [5.41, 5.74) is -0.379. The summed E-state index contributed by atoms with van der Waals surface area (Å²) in [6, 6.07) is 1.95. The summed E-state index contributed by atoms with van der Waals surface area (Å²) >= 11 is 6.38. The second-order valence-electron chi connectivity index (χ2n) is 7.28. The molecular formula is C19H18BrN5O4S2. The highest BCUT2D eigenvalue weighted by Crippen LogP contribution is 2.45. The van der Waals surface area contributed by atoms with Crippen LogP contribution in [0.25, 0.3) is 16.4 Å². The molecule has 0 amide bonds. The number of fused-ring (bicyclic) bond motifs is 1. The summed E-state index contributed by atoms with van der Waals surface area (Å²) in [6.07, 6.45) is 5.78. The van der Waals surface area contributed by atoms with E-state index in [1.165, 1.54) is 23.1 Å². The van der Waals surface area contributed by atoms with Crippen LogP contribution in [0.5, 0.6) is 0 Å². The van der Waals surface area contributed by atoms with Gasteiger partial charge in [-0.3, -0.25) is 4.98 Å². The largest absolute Gasteiger partial charge is 0.490 e. The number of rotatable bonds is 5. The molecule has 1 fully saturated rings. The van der Waals surface area contributed by atoms with Gasteiger partial charge in [0.2, 0.25) is 0 Å². The molecule has 0 spiro atoms. The molecule has 0 saturated carbocycles. The van der Waals surface area contributed by atoms with Gasteiger partial charge in [-0.2, -0.15) is 0 Å². The molecule has 4 atom stereocenters. The van der Waals surface area contributed by atoms with Crippen LogP contribution in [0.4, 0.5) is 0 Å². The van der Waals surface area contributed by atoms with Gasteiger partial charge >= 0.3 is 0 Å². The molecule has 162 valence electrons. The summed E-state index contributed by atoms with van der Waals surface area (Å²) in [5.74, 6) is 0.497. The summed E-state index contributed by atoms with van der Waals surface area (Å²) in [7, 11) is 1.60. The van der Waals surface area contributed by atoms with Crippen LogP contribution >= 0.6 is 39.0 Å². The van der Waals surface area contributed by atoms with Gasteiger partial charge in [0.1, 0.15) is 46.3 Å². The molecule has 1 saturated heterocycles. The first kappa shape index (κ1) is 21.0. The van der Waals surface area contributed by atoms with Gasteiger partial charge in [0.05, 0.1) is 6.20 Å². The van der Waals surface area contributed by atoms with Crippen molar-refractivity contribution in [3.63, 3.8) is 0 Å². The van der Waals surface area contributed by atoms with Gasteiger partial charge in [0.15, 0.2) is 5.76 Å². The highest BCUT2D eigenvalue weighted by atomic mass is 79.9. The molecule has 31 heavy (non-hydrogen) atoms. The van der Waals surface area contributed by atoms with E-state index in [4.69, 9.17) is 14.2 Å². The maximum Gasteiger partial charge on any atom is 0.152 e. The number of thioether (sulfide) groups is 1. The van der Waals surface area contributed by atoms with E-state index in [2.05, 4.69) is 36.2 Å². The molecule has 0 bridgehead atoms. The maximum atomic E-state index is 10.9. The van der Waals surface area contributed by atoms with Gasteiger partial charge in [-0.1, -0.05) is 17.0 Å². The molecular weight excluding hydrogens is 506 g/mol. The van der Waals surface area contributed by atoms with E-state index in [1.807, 2.05) is 11.4 Å². The first-order valence-electron chi connectivity index (χ1n) is 9.33. The van der Waals surface area contributed by atoms with E-state index < -0.39 is 23.2 Å². The van der Waals surface area contributed by atoms with Crippen LogP contribution in [-0.4, -0.2) is 67.0 Å². The third kappa shape index (κ3) is 3.92. The Balaban J connectivity index is 1.56. The van der Waals surface area contributed by atoms with Gasteiger partial charge in [0, 0.05) is 40.4 Å². The molecule has 0 aromatic carbocycles. The average Bonchev–Trinajstić information content (AvgIpc) is 3.48. The molecule has 3 aromatic rings. The number of thiazole rings is 1. The Bertz CT molecular complexity index is 1120.